The second-order valence-corrected chi connectivity index (χ2v) is 6.09. The predicted octanol–water partition coefficient (Wildman–Crippen LogP) is -0.0647. The van der Waals surface area contributed by atoms with Crippen LogP contribution in [0.3, 0.4) is 0 Å². The minimum atomic E-state index is 0. The lowest BCUT2D eigenvalue weighted by Crippen LogP contribution is -3.00. The normalized spacial score (nSPS) is 16.5. The molecule has 2 rings (SSSR count). The van der Waals surface area contributed by atoms with Crippen molar-refractivity contribution >= 4 is 28.4 Å². The smallest absolute Gasteiger partial charge is 0.143 e. The van der Waals surface area contributed by atoms with E-state index in [1.165, 1.54) is 0 Å². The first-order valence-corrected chi connectivity index (χ1v) is 8.07. The largest absolute Gasteiger partial charge is 1.00 e. The Bertz CT molecular complexity index is 454. The summed E-state index contributed by atoms with van der Waals surface area (Å²) in [6.07, 6.45) is 1.06. The molecular weight excluding hydrogens is 331 g/mol. The number of thioether (sulfide) groups is 1. The molecular formula is C14H19Cl2N2O2S-. The Morgan fingerprint density at radius 1 is 1.38 bits per heavy atom. The van der Waals surface area contributed by atoms with Crippen molar-refractivity contribution in [1.29, 1.82) is 0 Å². The van der Waals surface area contributed by atoms with Crippen molar-refractivity contribution in [3.8, 4) is 0 Å². The summed E-state index contributed by atoms with van der Waals surface area (Å²) in [6, 6.07) is 7.38. The van der Waals surface area contributed by atoms with Crippen LogP contribution in [0.25, 0.3) is 0 Å². The maximum atomic E-state index is 9.12. The van der Waals surface area contributed by atoms with E-state index in [-0.39, 0.29) is 12.4 Å². The SMILES string of the molecule is O/N=C(/SCCCN1CCOCC1)c1cccc(Cl)c1.[Cl-]. The first kappa shape index (κ1) is 18.6. The Kier molecular flexibility index (Phi) is 9.11. The second kappa shape index (κ2) is 10.3. The molecule has 1 aliphatic rings. The van der Waals surface area contributed by atoms with Crippen LogP contribution < -0.4 is 12.4 Å². The van der Waals surface area contributed by atoms with Gasteiger partial charge in [-0.1, -0.05) is 28.9 Å². The molecule has 0 atom stereocenters. The van der Waals surface area contributed by atoms with E-state index in [1.807, 2.05) is 24.3 Å². The van der Waals surface area contributed by atoms with Crippen LogP contribution in [-0.4, -0.2) is 53.8 Å². The monoisotopic (exact) mass is 349 g/mol. The number of morpholine rings is 1. The molecule has 0 bridgehead atoms. The van der Waals surface area contributed by atoms with Crippen molar-refractivity contribution in [1.82, 2.24) is 4.90 Å². The molecule has 1 aliphatic heterocycles. The van der Waals surface area contributed by atoms with E-state index in [2.05, 4.69) is 10.1 Å². The minimum Gasteiger partial charge on any atom is -1.00 e. The maximum absolute atomic E-state index is 9.12. The van der Waals surface area contributed by atoms with Crippen LogP contribution in [0, 0.1) is 0 Å². The van der Waals surface area contributed by atoms with Gasteiger partial charge in [-0.05, 0) is 25.1 Å². The van der Waals surface area contributed by atoms with E-state index in [9.17, 15) is 0 Å². The van der Waals surface area contributed by atoms with Gasteiger partial charge in [0.2, 0.25) is 0 Å². The Labute approximate surface area is 140 Å². The quantitative estimate of drug-likeness (QED) is 0.266. The van der Waals surface area contributed by atoms with E-state index in [0.29, 0.717) is 10.1 Å². The van der Waals surface area contributed by atoms with Crippen molar-refractivity contribution in [3.63, 3.8) is 0 Å². The molecule has 1 fully saturated rings. The van der Waals surface area contributed by atoms with E-state index < -0.39 is 0 Å². The van der Waals surface area contributed by atoms with Gasteiger partial charge in [-0.2, -0.15) is 0 Å². The van der Waals surface area contributed by atoms with Crippen LogP contribution in [0.4, 0.5) is 0 Å². The van der Waals surface area contributed by atoms with Gasteiger partial charge in [0.15, 0.2) is 0 Å². The highest BCUT2D eigenvalue weighted by Crippen LogP contribution is 2.18. The molecule has 1 heterocycles. The average molecular weight is 350 g/mol. The highest BCUT2D eigenvalue weighted by molar-refractivity contribution is 8.14. The van der Waals surface area contributed by atoms with Crippen LogP contribution in [0.2, 0.25) is 5.02 Å². The number of rotatable bonds is 5. The van der Waals surface area contributed by atoms with Crippen LogP contribution in [-0.2, 0) is 4.74 Å². The highest BCUT2D eigenvalue weighted by Gasteiger charge is 2.10. The van der Waals surface area contributed by atoms with E-state index >= 15 is 0 Å². The molecule has 118 valence electrons. The molecule has 4 nitrogen and oxygen atoms in total. The van der Waals surface area contributed by atoms with Gasteiger partial charge in [0.05, 0.1) is 13.2 Å². The van der Waals surface area contributed by atoms with Gasteiger partial charge in [-0.25, -0.2) is 0 Å². The molecule has 1 saturated heterocycles. The minimum absolute atomic E-state index is 0. The molecule has 1 aromatic rings. The topological polar surface area (TPSA) is 45.1 Å². The van der Waals surface area contributed by atoms with E-state index in [1.54, 1.807) is 11.8 Å². The van der Waals surface area contributed by atoms with Gasteiger partial charge >= 0.3 is 0 Å². The molecule has 7 heteroatoms. The molecule has 0 amide bonds. The van der Waals surface area contributed by atoms with Crippen molar-refractivity contribution in [2.45, 2.75) is 6.42 Å². The van der Waals surface area contributed by atoms with Crippen molar-refractivity contribution in [2.24, 2.45) is 5.16 Å². The lowest BCUT2D eigenvalue weighted by atomic mass is 10.2. The molecule has 1 N–H and O–H groups in total. The summed E-state index contributed by atoms with van der Waals surface area (Å²) in [6.45, 7) is 4.75. The standard InChI is InChI=1S/C14H19ClN2O2S.ClH/c15-13-4-1-3-12(11-13)14(16-18)20-10-2-5-17-6-8-19-9-7-17;/h1,3-4,11,18H,2,5-10H2;1H/p-1/b16-14+;. The van der Waals surface area contributed by atoms with Gasteiger partial charge in [-0.3, -0.25) is 4.90 Å². The summed E-state index contributed by atoms with van der Waals surface area (Å²) >= 11 is 7.50. The van der Waals surface area contributed by atoms with Crippen LogP contribution in [0.15, 0.2) is 29.4 Å². The van der Waals surface area contributed by atoms with Crippen LogP contribution in [0.5, 0.6) is 0 Å². The zero-order valence-electron chi connectivity index (χ0n) is 11.7. The van der Waals surface area contributed by atoms with Crippen LogP contribution in [0.1, 0.15) is 12.0 Å². The molecule has 0 unspecified atom stereocenters. The molecule has 21 heavy (non-hydrogen) atoms. The zero-order valence-corrected chi connectivity index (χ0v) is 14.0. The lowest BCUT2D eigenvalue weighted by molar-refractivity contribution is -0.00000631. The van der Waals surface area contributed by atoms with E-state index in [0.717, 1.165) is 50.6 Å². The van der Waals surface area contributed by atoms with Gasteiger partial charge in [-0.15, -0.1) is 11.8 Å². The fourth-order valence-electron chi connectivity index (χ4n) is 2.07. The van der Waals surface area contributed by atoms with Gasteiger partial charge in [0.25, 0.3) is 0 Å². The number of hydrogen-bond donors (Lipinski definition) is 1. The molecule has 0 aromatic heterocycles. The summed E-state index contributed by atoms with van der Waals surface area (Å²) in [7, 11) is 0. The third kappa shape index (κ3) is 6.45. The fraction of sp³-hybridized carbons (Fsp3) is 0.500. The third-order valence-electron chi connectivity index (χ3n) is 3.12. The predicted molar refractivity (Wildman–Crippen MR) is 84.1 cm³/mol. The molecule has 1 aromatic carbocycles. The van der Waals surface area contributed by atoms with Gasteiger partial charge in [0, 0.05) is 29.4 Å². The van der Waals surface area contributed by atoms with Crippen molar-refractivity contribution in [3.05, 3.63) is 34.9 Å². The first-order chi connectivity index (χ1) is 9.79. The van der Waals surface area contributed by atoms with Crippen molar-refractivity contribution in [2.75, 3.05) is 38.6 Å². The Morgan fingerprint density at radius 3 is 2.81 bits per heavy atom. The summed E-state index contributed by atoms with van der Waals surface area (Å²) in [4.78, 5) is 2.40. The first-order valence-electron chi connectivity index (χ1n) is 6.70. The fourth-order valence-corrected chi connectivity index (χ4v) is 3.08. The van der Waals surface area contributed by atoms with E-state index in [4.69, 9.17) is 21.5 Å². The Hall–Kier alpha value is -0.460. The average Bonchev–Trinajstić information content (AvgIpc) is 2.48. The number of benzene rings is 1. The number of nitrogens with zero attached hydrogens (tertiary/aromatic N) is 2. The highest BCUT2D eigenvalue weighted by atomic mass is 35.5. The zero-order chi connectivity index (χ0) is 14.2. The molecule has 0 saturated carbocycles. The molecule has 0 radical (unpaired) electrons. The van der Waals surface area contributed by atoms with Crippen molar-refractivity contribution < 1.29 is 22.4 Å². The number of ether oxygens (including phenoxy) is 1. The number of hydrogen-bond acceptors (Lipinski definition) is 5. The summed E-state index contributed by atoms with van der Waals surface area (Å²) in [5, 5.41) is 13.8. The maximum Gasteiger partial charge on any atom is 0.143 e. The molecule has 0 aliphatic carbocycles. The number of oxime groups is 1. The lowest BCUT2D eigenvalue weighted by Gasteiger charge is -2.26. The summed E-state index contributed by atoms with van der Waals surface area (Å²) in [5.74, 6) is 0.920. The van der Waals surface area contributed by atoms with Gasteiger partial charge < -0.3 is 22.4 Å². The number of halogens is 2. The Balaban J connectivity index is 0.00000220. The van der Waals surface area contributed by atoms with Crippen LogP contribution >= 0.6 is 23.4 Å². The summed E-state index contributed by atoms with van der Waals surface area (Å²) in [5.41, 5.74) is 0.858. The Morgan fingerprint density at radius 2 is 2.14 bits per heavy atom. The third-order valence-corrected chi connectivity index (χ3v) is 4.44. The molecule has 0 spiro atoms. The van der Waals surface area contributed by atoms with Gasteiger partial charge in [0.1, 0.15) is 5.04 Å². The second-order valence-electron chi connectivity index (χ2n) is 4.57. The summed E-state index contributed by atoms with van der Waals surface area (Å²) < 4.78 is 5.32.